The Morgan fingerprint density at radius 1 is 1.47 bits per heavy atom. The van der Waals surface area contributed by atoms with Gasteiger partial charge in [0.05, 0.1) is 0 Å². The smallest absolute Gasteiger partial charge is 0.127 e. The quantitative estimate of drug-likeness (QED) is 0.804. The number of rotatable bonds is 2. The molecule has 4 heteroatoms. The lowest BCUT2D eigenvalue weighted by Gasteiger charge is -2.28. The van der Waals surface area contributed by atoms with Crippen LogP contribution < -0.4 is 10.1 Å². The minimum Gasteiger partial charge on any atom is -0.488 e. The summed E-state index contributed by atoms with van der Waals surface area (Å²) in [6, 6.07) is 7.25. The molecule has 1 saturated heterocycles. The molecule has 1 heterocycles. The van der Waals surface area contributed by atoms with Crippen molar-refractivity contribution in [2.24, 2.45) is 0 Å². The van der Waals surface area contributed by atoms with Crippen molar-refractivity contribution in [3.05, 3.63) is 29.3 Å². The van der Waals surface area contributed by atoms with Gasteiger partial charge in [-0.25, -0.2) is 0 Å². The summed E-state index contributed by atoms with van der Waals surface area (Å²) >= 11 is 5.84. The number of hydrogen-bond acceptors (Lipinski definition) is 3. The van der Waals surface area contributed by atoms with Crippen LogP contribution in [0.15, 0.2) is 24.3 Å². The summed E-state index contributed by atoms with van der Waals surface area (Å²) < 4.78 is 5.67. The van der Waals surface area contributed by atoms with Gasteiger partial charge in [0, 0.05) is 11.6 Å². The molecule has 0 bridgehead atoms. The molecule has 2 rings (SSSR count). The number of aliphatic hydroxyl groups excluding tert-OH is 1. The Morgan fingerprint density at radius 2 is 2.33 bits per heavy atom. The summed E-state index contributed by atoms with van der Waals surface area (Å²) in [5.74, 6) is 0.716. The van der Waals surface area contributed by atoms with Crippen molar-refractivity contribution in [3.63, 3.8) is 0 Å². The monoisotopic (exact) mass is 227 g/mol. The average molecular weight is 228 g/mol. The van der Waals surface area contributed by atoms with Crippen LogP contribution in [0.3, 0.4) is 0 Å². The summed E-state index contributed by atoms with van der Waals surface area (Å²) in [5, 5.41) is 13.4. The standard InChI is InChI=1S/C11H14ClNO2/c12-8-2-1-3-9(6-8)15-11-4-5-13-7-10(11)14/h1-3,6,10-11,13-14H,4-5,7H2. The summed E-state index contributed by atoms with van der Waals surface area (Å²) in [6.07, 6.45) is 0.232. The maximum absolute atomic E-state index is 9.68. The molecule has 0 saturated carbocycles. The zero-order valence-corrected chi connectivity index (χ0v) is 9.07. The van der Waals surface area contributed by atoms with Gasteiger partial charge in [0.25, 0.3) is 0 Å². The Kier molecular flexibility index (Phi) is 3.46. The lowest BCUT2D eigenvalue weighted by atomic mass is 10.1. The molecule has 15 heavy (non-hydrogen) atoms. The molecule has 82 valence electrons. The average Bonchev–Trinajstić information content (AvgIpc) is 2.22. The van der Waals surface area contributed by atoms with Gasteiger partial charge < -0.3 is 15.2 Å². The fourth-order valence-electron chi connectivity index (χ4n) is 1.67. The summed E-state index contributed by atoms with van der Waals surface area (Å²) in [5.41, 5.74) is 0. The lowest BCUT2D eigenvalue weighted by molar-refractivity contribution is 0.0163. The first-order valence-electron chi connectivity index (χ1n) is 5.07. The number of ether oxygens (including phenoxy) is 1. The summed E-state index contributed by atoms with van der Waals surface area (Å²) in [4.78, 5) is 0. The van der Waals surface area contributed by atoms with E-state index >= 15 is 0 Å². The van der Waals surface area contributed by atoms with E-state index in [-0.39, 0.29) is 6.10 Å². The molecule has 0 aliphatic carbocycles. The first kappa shape index (κ1) is 10.7. The van der Waals surface area contributed by atoms with Crippen molar-refractivity contribution in [1.29, 1.82) is 0 Å². The largest absolute Gasteiger partial charge is 0.488 e. The Balaban J connectivity index is 2.01. The molecule has 0 spiro atoms. The minimum atomic E-state index is -0.447. The molecular weight excluding hydrogens is 214 g/mol. The van der Waals surface area contributed by atoms with E-state index in [4.69, 9.17) is 16.3 Å². The highest BCUT2D eigenvalue weighted by Crippen LogP contribution is 2.20. The maximum atomic E-state index is 9.68. The van der Waals surface area contributed by atoms with Crippen LogP contribution in [0.5, 0.6) is 5.75 Å². The Bertz CT molecular complexity index is 332. The van der Waals surface area contributed by atoms with Crippen LogP contribution in [0.1, 0.15) is 6.42 Å². The number of nitrogens with one attached hydrogen (secondary N) is 1. The van der Waals surface area contributed by atoms with Crippen molar-refractivity contribution in [2.45, 2.75) is 18.6 Å². The van der Waals surface area contributed by atoms with E-state index in [9.17, 15) is 5.11 Å². The first-order chi connectivity index (χ1) is 7.25. The van der Waals surface area contributed by atoms with Crippen LogP contribution in [-0.2, 0) is 0 Å². The predicted octanol–water partition coefficient (Wildman–Crippen LogP) is 1.44. The lowest BCUT2D eigenvalue weighted by Crippen LogP contribution is -2.46. The minimum absolute atomic E-state index is 0.135. The van der Waals surface area contributed by atoms with E-state index in [0.717, 1.165) is 13.0 Å². The molecule has 1 aromatic rings. The zero-order chi connectivity index (χ0) is 10.7. The van der Waals surface area contributed by atoms with E-state index in [2.05, 4.69) is 5.32 Å². The van der Waals surface area contributed by atoms with Gasteiger partial charge in [-0.2, -0.15) is 0 Å². The topological polar surface area (TPSA) is 41.5 Å². The molecule has 0 aromatic heterocycles. The van der Waals surface area contributed by atoms with E-state index < -0.39 is 6.10 Å². The molecular formula is C11H14ClNO2. The normalized spacial score (nSPS) is 26.3. The molecule has 1 aliphatic heterocycles. The van der Waals surface area contributed by atoms with Crippen LogP contribution in [-0.4, -0.2) is 30.4 Å². The van der Waals surface area contributed by atoms with Gasteiger partial charge in [-0.15, -0.1) is 0 Å². The number of aliphatic hydroxyl groups is 1. The van der Waals surface area contributed by atoms with Crippen molar-refractivity contribution < 1.29 is 9.84 Å². The van der Waals surface area contributed by atoms with Crippen molar-refractivity contribution >= 4 is 11.6 Å². The SMILES string of the molecule is OC1CNCCC1Oc1cccc(Cl)c1. The van der Waals surface area contributed by atoms with Gasteiger partial charge in [0.2, 0.25) is 0 Å². The van der Waals surface area contributed by atoms with Gasteiger partial charge in [-0.05, 0) is 31.2 Å². The van der Waals surface area contributed by atoms with E-state index in [1.807, 2.05) is 12.1 Å². The van der Waals surface area contributed by atoms with Crippen LogP contribution in [0.2, 0.25) is 5.02 Å². The number of benzene rings is 1. The van der Waals surface area contributed by atoms with Crippen LogP contribution >= 0.6 is 11.6 Å². The molecule has 3 nitrogen and oxygen atoms in total. The van der Waals surface area contributed by atoms with Gasteiger partial charge in [0.15, 0.2) is 0 Å². The summed E-state index contributed by atoms with van der Waals surface area (Å²) in [7, 11) is 0. The zero-order valence-electron chi connectivity index (χ0n) is 8.32. The third-order valence-corrected chi connectivity index (χ3v) is 2.71. The second kappa shape index (κ2) is 4.84. The van der Waals surface area contributed by atoms with Crippen molar-refractivity contribution in [3.8, 4) is 5.75 Å². The van der Waals surface area contributed by atoms with Gasteiger partial charge >= 0.3 is 0 Å². The molecule has 1 aliphatic rings. The van der Waals surface area contributed by atoms with Gasteiger partial charge in [-0.1, -0.05) is 17.7 Å². The highest BCUT2D eigenvalue weighted by atomic mass is 35.5. The molecule has 1 aromatic carbocycles. The molecule has 2 unspecified atom stereocenters. The number of hydrogen-bond donors (Lipinski definition) is 2. The Labute approximate surface area is 94.0 Å². The highest BCUT2D eigenvalue weighted by Gasteiger charge is 2.24. The third-order valence-electron chi connectivity index (χ3n) is 2.47. The van der Waals surface area contributed by atoms with Crippen LogP contribution in [0, 0.1) is 0 Å². The second-order valence-corrected chi connectivity index (χ2v) is 4.11. The van der Waals surface area contributed by atoms with Crippen LogP contribution in [0.25, 0.3) is 0 Å². The van der Waals surface area contributed by atoms with Gasteiger partial charge in [0.1, 0.15) is 18.0 Å². The number of β-amino-alcohol motifs (C(OH)–C–C–N with tert-alkyl or cyclic N) is 1. The molecule has 0 radical (unpaired) electrons. The molecule has 0 amide bonds. The Morgan fingerprint density at radius 3 is 3.07 bits per heavy atom. The van der Waals surface area contributed by atoms with E-state index in [1.54, 1.807) is 12.1 Å². The van der Waals surface area contributed by atoms with Crippen molar-refractivity contribution in [1.82, 2.24) is 5.32 Å². The third kappa shape index (κ3) is 2.84. The van der Waals surface area contributed by atoms with Gasteiger partial charge in [-0.3, -0.25) is 0 Å². The van der Waals surface area contributed by atoms with Crippen LogP contribution in [0.4, 0.5) is 0 Å². The van der Waals surface area contributed by atoms with Crippen molar-refractivity contribution in [2.75, 3.05) is 13.1 Å². The second-order valence-electron chi connectivity index (χ2n) is 3.67. The predicted molar refractivity (Wildman–Crippen MR) is 59.4 cm³/mol. The first-order valence-corrected chi connectivity index (χ1v) is 5.44. The molecule has 1 fully saturated rings. The maximum Gasteiger partial charge on any atom is 0.127 e. The van der Waals surface area contributed by atoms with E-state index in [1.165, 1.54) is 0 Å². The highest BCUT2D eigenvalue weighted by molar-refractivity contribution is 6.30. The van der Waals surface area contributed by atoms with E-state index in [0.29, 0.717) is 17.3 Å². The fourth-order valence-corrected chi connectivity index (χ4v) is 1.85. The summed E-state index contributed by atoms with van der Waals surface area (Å²) in [6.45, 7) is 1.47. The Hall–Kier alpha value is -0.770. The number of piperidine rings is 1. The number of halogens is 1. The fraction of sp³-hybridized carbons (Fsp3) is 0.455. The molecule has 2 N–H and O–H groups in total. The molecule has 2 atom stereocenters.